The molecule has 24 heteroatoms. The van der Waals surface area contributed by atoms with Crippen molar-refractivity contribution in [1.82, 2.24) is 0 Å². The summed E-state index contributed by atoms with van der Waals surface area (Å²) >= 11 is 0. The first-order valence-electron chi connectivity index (χ1n) is 14.0. The molecule has 0 aliphatic rings. The van der Waals surface area contributed by atoms with Crippen LogP contribution >= 0.6 is 0 Å². The summed E-state index contributed by atoms with van der Waals surface area (Å²) in [6.07, 6.45) is -7.22. The van der Waals surface area contributed by atoms with Gasteiger partial charge in [-0.3, -0.25) is 0 Å². The van der Waals surface area contributed by atoms with Crippen molar-refractivity contribution in [1.29, 1.82) is 0 Å². The molecule has 4 rings (SSSR count). The number of benzene rings is 4. The van der Waals surface area contributed by atoms with Crippen LogP contribution in [-0.2, 0) is 9.47 Å². The fourth-order valence-corrected chi connectivity index (χ4v) is 5.28. The van der Waals surface area contributed by atoms with E-state index in [9.17, 15) is 52.7 Å². The van der Waals surface area contributed by atoms with E-state index >= 15 is 35.1 Å². The average molecular weight is 837 g/mol. The fourth-order valence-electron chi connectivity index (χ4n) is 5.28. The van der Waals surface area contributed by atoms with Crippen molar-refractivity contribution in [3.8, 4) is 0 Å². The molecule has 0 fully saturated rings. The molecular formula is C30H15BF20KO2-. The normalized spacial score (nSPS) is 11.4. The molecule has 0 heterocycles. The van der Waals surface area contributed by atoms with Gasteiger partial charge in [-0.1, -0.05) is 0 Å². The Balaban J connectivity index is 0.00000136. The van der Waals surface area contributed by atoms with E-state index in [4.69, 9.17) is 9.47 Å². The van der Waals surface area contributed by atoms with Crippen LogP contribution < -0.4 is 73.2 Å². The van der Waals surface area contributed by atoms with Crippen molar-refractivity contribution in [2.45, 2.75) is 13.8 Å². The molecule has 54 heavy (non-hydrogen) atoms. The zero-order chi connectivity index (χ0) is 40.6. The van der Waals surface area contributed by atoms with E-state index < -0.39 is 144 Å². The maximum absolute atomic E-state index is 15.4. The smallest absolute Gasteiger partial charge is 1.00 e. The van der Waals surface area contributed by atoms with E-state index in [1.807, 2.05) is 13.8 Å². The van der Waals surface area contributed by atoms with Gasteiger partial charge in [-0.05, 0) is 13.8 Å². The van der Waals surface area contributed by atoms with Crippen LogP contribution in [-0.4, -0.2) is 32.6 Å². The summed E-state index contributed by atoms with van der Waals surface area (Å²) in [4.78, 5) is 0. The maximum atomic E-state index is 15.4. The van der Waals surface area contributed by atoms with Crippen LogP contribution in [0, 0.1) is 116 Å². The van der Waals surface area contributed by atoms with Crippen LogP contribution in [0.3, 0.4) is 0 Å². The second-order valence-electron chi connectivity index (χ2n) is 10.2. The van der Waals surface area contributed by atoms with E-state index in [-0.39, 0.29) is 52.8 Å². The molecule has 0 saturated heterocycles. The summed E-state index contributed by atoms with van der Waals surface area (Å²) in [5.41, 5.74) is -14.3. The number of ether oxygens (including phenoxy) is 2. The molecule has 0 N–H and O–H groups in total. The predicted molar refractivity (Wildman–Crippen MR) is 143 cm³/mol. The van der Waals surface area contributed by atoms with Gasteiger partial charge in [0.2, 0.25) is 0 Å². The van der Waals surface area contributed by atoms with Gasteiger partial charge in [0.15, 0.2) is 69.8 Å². The number of hydrogen-bond donors (Lipinski definition) is 0. The summed E-state index contributed by atoms with van der Waals surface area (Å²) < 4.78 is 304. The van der Waals surface area contributed by atoms with E-state index in [2.05, 4.69) is 0 Å². The van der Waals surface area contributed by atoms with Gasteiger partial charge in [-0.2, -0.15) is 0 Å². The Kier molecular flexibility index (Phi) is 16.1. The number of rotatable bonds is 9. The summed E-state index contributed by atoms with van der Waals surface area (Å²) in [6, 6.07) is 0. The van der Waals surface area contributed by atoms with Gasteiger partial charge in [0, 0.05) is 13.2 Å². The third-order valence-electron chi connectivity index (χ3n) is 7.49. The van der Waals surface area contributed by atoms with Crippen LogP contribution in [0.4, 0.5) is 87.8 Å². The molecular weight excluding hydrogens is 822 g/mol. The van der Waals surface area contributed by atoms with Crippen LogP contribution in [0.1, 0.15) is 15.3 Å². The molecule has 4 aromatic carbocycles. The third kappa shape index (κ3) is 7.62. The van der Waals surface area contributed by atoms with Crippen molar-refractivity contribution in [2.24, 2.45) is 0 Å². The van der Waals surface area contributed by atoms with Crippen LogP contribution in [0.5, 0.6) is 0 Å². The van der Waals surface area contributed by atoms with Crippen LogP contribution in [0.25, 0.3) is 0 Å². The van der Waals surface area contributed by atoms with Crippen molar-refractivity contribution in [2.75, 3.05) is 26.4 Å². The van der Waals surface area contributed by atoms with Crippen molar-refractivity contribution < 1.29 is 150 Å². The molecule has 0 bridgehead atoms. The zero-order valence-electron chi connectivity index (χ0n) is 27.8. The second kappa shape index (κ2) is 18.4. The van der Waals surface area contributed by atoms with E-state index in [0.29, 0.717) is 0 Å². The molecule has 0 aliphatic heterocycles. The molecule has 0 aromatic heterocycles. The molecule has 0 saturated carbocycles. The maximum Gasteiger partial charge on any atom is 1.00 e. The molecule has 0 spiro atoms. The van der Waals surface area contributed by atoms with Gasteiger partial charge in [0.1, 0.15) is 52.7 Å². The molecule has 4 aromatic rings. The first kappa shape index (κ1) is 47.3. The molecule has 0 unspecified atom stereocenters. The SMILES string of the molecule is CCOCCOCC.Fc1c(F)c(F)c([B-](c2c(F)c(F)c(F)c(F)c2F)(c2c(F)c(F)c(F)c(F)c2F)c2c(F)c(F)c(F)c(F)c2F)c(F)c1F.[H-].[K+]. The molecule has 0 radical (unpaired) electrons. The van der Waals surface area contributed by atoms with Crippen molar-refractivity contribution in [3.63, 3.8) is 0 Å². The molecule has 0 atom stereocenters. The Morgan fingerprint density at radius 3 is 0.556 bits per heavy atom. The topological polar surface area (TPSA) is 18.5 Å². The molecule has 292 valence electrons. The third-order valence-corrected chi connectivity index (χ3v) is 7.49. The number of hydrogen-bond acceptors (Lipinski definition) is 2. The minimum atomic E-state index is -7.22. The van der Waals surface area contributed by atoms with Gasteiger partial charge in [0.05, 0.1) is 13.2 Å². The Morgan fingerprint density at radius 2 is 0.426 bits per heavy atom. The Bertz CT molecular complexity index is 1700. The summed E-state index contributed by atoms with van der Waals surface area (Å²) in [6.45, 7) is 6.98. The Hall–Kier alpha value is -2.90. The molecule has 0 aliphatic carbocycles. The first-order valence-corrected chi connectivity index (χ1v) is 14.0. The van der Waals surface area contributed by atoms with Crippen molar-refractivity contribution >= 4 is 28.0 Å². The summed E-state index contributed by atoms with van der Waals surface area (Å²) in [7, 11) is 0. The summed E-state index contributed by atoms with van der Waals surface area (Å²) in [5.74, 6) is -71.4. The quantitative estimate of drug-likeness (QED) is 0.0836. The van der Waals surface area contributed by atoms with Gasteiger partial charge in [-0.25, -0.2) is 87.8 Å². The second-order valence-corrected chi connectivity index (χ2v) is 10.2. The van der Waals surface area contributed by atoms with E-state index in [1.165, 1.54) is 0 Å². The minimum Gasteiger partial charge on any atom is -1.00 e. The summed E-state index contributed by atoms with van der Waals surface area (Å²) in [5, 5.41) is 0. The average Bonchev–Trinajstić information content (AvgIpc) is 3.13. The van der Waals surface area contributed by atoms with Crippen molar-refractivity contribution in [3.05, 3.63) is 116 Å². The van der Waals surface area contributed by atoms with E-state index in [1.54, 1.807) is 0 Å². The monoisotopic (exact) mass is 837 g/mol. The van der Waals surface area contributed by atoms with Gasteiger partial charge >= 0.3 is 51.4 Å². The Morgan fingerprint density at radius 1 is 0.296 bits per heavy atom. The zero-order valence-corrected chi connectivity index (χ0v) is 29.9. The van der Waals surface area contributed by atoms with Gasteiger partial charge in [0.25, 0.3) is 0 Å². The predicted octanol–water partition coefficient (Wildman–Crippen LogP) is 4.02. The molecule has 2 nitrogen and oxygen atoms in total. The van der Waals surface area contributed by atoms with Crippen LogP contribution in [0.2, 0.25) is 0 Å². The van der Waals surface area contributed by atoms with Gasteiger partial charge < -0.3 is 10.9 Å². The molecule has 0 amide bonds. The minimum absolute atomic E-state index is 0. The van der Waals surface area contributed by atoms with E-state index in [0.717, 1.165) is 26.4 Å². The fraction of sp³-hybridized carbons (Fsp3) is 0.200. The largest absolute Gasteiger partial charge is 1.00 e. The van der Waals surface area contributed by atoms with Gasteiger partial charge in [-0.15, -0.1) is 21.9 Å². The first-order chi connectivity index (χ1) is 24.6. The number of halogens is 20. The Labute approximate surface area is 332 Å². The van der Waals surface area contributed by atoms with Crippen LogP contribution in [0.15, 0.2) is 0 Å². The standard InChI is InChI=1S/C24BF20.C6H14O2.K.H/c26-5-1(6(27)14(35)21(42)13(5)34)25(2-7(28)15(36)22(43)16(37)8(2)29,3-9(30)17(38)23(44)18(39)10(3)31)4-11(32)19(40)24(45)20(41)12(4)33;1-3-7-5-6-8-4-2;;/h;3-6H2,1-2H3;;/q-1;;+1;-1.